The molecule has 0 aromatic carbocycles. The van der Waals surface area contributed by atoms with Crippen molar-refractivity contribution in [3.8, 4) is 0 Å². The van der Waals surface area contributed by atoms with Crippen molar-refractivity contribution in [2.45, 2.75) is 117 Å². The molecule has 0 amide bonds. The zero-order chi connectivity index (χ0) is 17.0. The molecule has 1 nitrogen and oxygen atoms in total. The predicted molar refractivity (Wildman–Crippen MR) is 110 cm³/mol. The van der Waals surface area contributed by atoms with E-state index in [2.05, 4.69) is 18.7 Å². The third kappa shape index (κ3) is 18.1. The van der Waals surface area contributed by atoms with Gasteiger partial charge in [-0.3, -0.25) is 0 Å². The summed E-state index contributed by atoms with van der Waals surface area (Å²) in [6.07, 6.45) is 22.3. The normalized spacial score (nSPS) is 10.9. The molecule has 0 aliphatic rings. The van der Waals surface area contributed by atoms with Crippen molar-refractivity contribution in [1.29, 1.82) is 0 Å². The zero-order valence-electron chi connectivity index (χ0n) is 16.2. The van der Waals surface area contributed by atoms with Crippen molar-refractivity contribution < 1.29 is 0 Å². The molecule has 2 heteroatoms. The first-order valence-corrected chi connectivity index (χ1v) is 11.0. The fourth-order valence-electron chi connectivity index (χ4n) is 3.11. The van der Waals surface area contributed by atoms with Gasteiger partial charge in [-0.15, -0.1) is 0 Å². The second-order valence-corrected chi connectivity index (χ2v) is 7.30. The van der Waals surface area contributed by atoms with Gasteiger partial charge in [0.05, 0.1) is 5.49 Å². The largest absolute Gasteiger partial charge is 0.369 e. The first kappa shape index (κ1) is 22.9. The Kier molecular flexibility index (Phi) is 19.8. The van der Waals surface area contributed by atoms with Gasteiger partial charge in [0.15, 0.2) is 0 Å². The Bertz CT molecular complexity index is 210. The topological polar surface area (TPSA) is 3.24 Å². The van der Waals surface area contributed by atoms with Crippen molar-refractivity contribution in [2.24, 2.45) is 0 Å². The monoisotopic (exact) mass is 341 g/mol. The second kappa shape index (κ2) is 19.9. The lowest BCUT2D eigenvalue weighted by Crippen LogP contribution is -2.23. The van der Waals surface area contributed by atoms with Gasteiger partial charge < -0.3 is 4.90 Å². The van der Waals surface area contributed by atoms with Gasteiger partial charge in [0.1, 0.15) is 0 Å². The number of hydrogen-bond donors (Lipinski definition) is 0. The summed E-state index contributed by atoms with van der Waals surface area (Å²) in [5.41, 5.74) is 1.89. The maximum Gasteiger partial charge on any atom is 0.0640 e. The van der Waals surface area contributed by atoms with Gasteiger partial charge in [-0.2, -0.15) is 0 Å². The highest BCUT2D eigenvalue weighted by atomic mass is 32.1. The minimum atomic E-state index is 1.18. The lowest BCUT2D eigenvalue weighted by Gasteiger charge is -2.18. The average Bonchev–Trinajstić information content (AvgIpc) is 2.57. The maximum atomic E-state index is 5.17. The molecule has 0 heterocycles. The van der Waals surface area contributed by atoms with Crippen LogP contribution in [0.4, 0.5) is 0 Å². The highest BCUT2D eigenvalue weighted by molar-refractivity contribution is 7.78. The maximum absolute atomic E-state index is 5.17. The summed E-state index contributed by atoms with van der Waals surface area (Å²) in [6.45, 7) is 6.92. The molecule has 0 aliphatic heterocycles. The minimum absolute atomic E-state index is 1.18. The van der Waals surface area contributed by atoms with Gasteiger partial charge in [0.25, 0.3) is 0 Å². The Morgan fingerprint density at radius 3 is 1.13 bits per heavy atom. The van der Waals surface area contributed by atoms with Crippen LogP contribution in [0.2, 0.25) is 0 Å². The zero-order valence-corrected chi connectivity index (χ0v) is 17.0. The Morgan fingerprint density at radius 1 is 0.522 bits per heavy atom. The summed E-state index contributed by atoms with van der Waals surface area (Å²) < 4.78 is 0. The first-order valence-electron chi connectivity index (χ1n) is 10.5. The van der Waals surface area contributed by atoms with Crippen molar-refractivity contribution >= 4 is 17.7 Å². The molecular weight excluding hydrogens is 298 g/mol. The van der Waals surface area contributed by atoms with E-state index in [0.717, 1.165) is 0 Å². The Hall–Kier alpha value is -0.110. The molecule has 0 N–H and O–H groups in total. The summed E-state index contributed by atoms with van der Waals surface area (Å²) >= 11 is 5.17. The standard InChI is InChI=1S/C21H43NS/c1-3-5-7-9-11-13-15-17-19-22(21-23)20-18-16-14-12-10-8-6-4-2/h21H,3-20H2,1-2H3. The van der Waals surface area contributed by atoms with E-state index < -0.39 is 0 Å². The van der Waals surface area contributed by atoms with Crippen molar-refractivity contribution in [1.82, 2.24) is 4.90 Å². The van der Waals surface area contributed by atoms with Gasteiger partial charge >= 0.3 is 0 Å². The molecular formula is C21H43NS. The molecule has 0 saturated carbocycles. The summed E-state index contributed by atoms with van der Waals surface area (Å²) in [6, 6.07) is 0. The van der Waals surface area contributed by atoms with Gasteiger partial charge in [-0.25, -0.2) is 0 Å². The Labute approximate surface area is 152 Å². The van der Waals surface area contributed by atoms with E-state index in [1.165, 1.54) is 116 Å². The summed E-state index contributed by atoms with van der Waals surface area (Å²) in [4.78, 5) is 2.36. The Balaban J connectivity index is 3.30. The third-order valence-corrected chi connectivity index (χ3v) is 5.04. The first-order chi connectivity index (χ1) is 11.3. The van der Waals surface area contributed by atoms with Crippen LogP contribution in [0.25, 0.3) is 0 Å². The van der Waals surface area contributed by atoms with E-state index in [4.69, 9.17) is 12.2 Å². The summed E-state index contributed by atoms with van der Waals surface area (Å²) in [7, 11) is 0. The molecule has 23 heavy (non-hydrogen) atoms. The molecule has 0 bridgehead atoms. The minimum Gasteiger partial charge on any atom is -0.369 e. The van der Waals surface area contributed by atoms with Gasteiger partial charge in [0, 0.05) is 13.1 Å². The highest BCUT2D eigenvalue weighted by Crippen LogP contribution is 2.10. The van der Waals surface area contributed by atoms with Crippen LogP contribution in [-0.2, 0) is 0 Å². The van der Waals surface area contributed by atoms with Crippen LogP contribution in [-0.4, -0.2) is 23.5 Å². The SMILES string of the molecule is CCCCCCCCCCN(C=S)CCCCCCCCCC. The highest BCUT2D eigenvalue weighted by Gasteiger charge is 2.00. The van der Waals surface area contributed by atoms with Crippen LogP contribution in [0.1, 0.15) is 117 Å². The van der Waals surface area contributed by atoms with E-state index in [1.807, 2.05) is 5.49 Å². The van der Waals surface area contributed by atoms with E-state index in [-0.39, 0.29) is 0 Å². The van der Waals surface area contributed by atoms with E-state index in [9.17, 15) is 0 Å². The molecule has 0 rings (SSSR count). The molecule has 0 aromatic rings. The number of hydrogen-bond acceptors (Lipinski definition) is 1. The molecule has 0 radical (unpaired) electrons. The summed E-state index contributed by atoms with van der Waals surface area (Å²) in [5, 5.41) is 0. The van der Waals surface area contributed by atoms with Gasteiger partial charge in [-0.05, 0) is 12.8 Å². The molecule has 0 saturated heterocycles. The smallest absolute Gasteiger partial charge is 0.0640 e. The molecule has 0 aliphatic carbocycles. The number of unbranched alkanes of at least 4 members (excludes halogenated alkanes) is 14. The lowest BCUT2D eigenvalue weighted by atomic mass is 10.1. The molecule has 0 atom stereocenters. The van der Waals surface area contributed by atoms with Crippen LogP contribution in [0.3, 0.4) is 0 Å². The summed E-state index contributed by atoms with van der Waals surface area (Å²) in [5.74, 6) is 0. The molecule has 0 fully saturated rings. The number of nitrogens with zero attached hydrogens (tertiary/aromatic N) is 1. The number of rotatable bonds is 19. The molecule has 0 aromatic heterocycles. The molecule has 0 unspecified atom stereocenters. The quantitative estimate of drug-likeness (QED) is 0.176. The van der Waals surface area contributed by atoms with E-state index >= 15 is 0 Å². The van der Waals surface area contributed by atoms with Crippen LogP contribution in [0.15, 0.2) is 0 Å². The molecule has 0 spiro atoms. The Morgan fingerprint density at radius 2 is 0.826 bits per heavy atom. The van der Waals surface area contributed by atoms with Crippen LogP contribution in [0, 0.1) is 0 Å². The van der Waals surface area contributed by atoms with Crippen molar-refractivity contribution in [3.63, 3.8) is 0 Å². The fourth-order valence-corrected chi connectivity index (χ4v) is 3.33. The van der Waals surface area contributed by atoms with Gasteiger partial charge in [-0.1, -0.05) is 116 Å². The lowest BCUT2D eigenvalue weighted by molar-refractivity contribution is 0.397. The average molecular weight is 342 g/mol. The van der Waals surface area contributed by atoms with Crippen molar-refractivity contribution in [3.05, 3.63) is 0 Å². The fraction of sp³-hybridized carbons (Fsp3) is 0.952. The molecule has 138 valence electrons. The second-order valence-electron chi connectivity index (χ2n) is 7.09. The predicted octanol–water partition coefficient (Wildman–Crippen LogP) is 7.53. The third-order valence-electron chi connectivity index (χ3n) is 4.75. The van der Waals surface area contributed by atoms with Crippen LogP contribution < -0.4 is 0 Å². The van der Waals surface area contributed by atoms with Crippen LogP contribution >= 0.6 is 12.2 Å². The van der Waals surface area contributed by atoms with E-state index in [0.29, 0.717) is 0 Å². The number of thiocarbonyl (C=S) groups is 1. The van der Waals surface area contributed by atoms with Crippen LogP contribution in [0.5, 0.6) is 0 Å². The van der Waals surface area contributed by atoms with Gasteiger partial charge in [0.2, 0.25) is 0 Å². The van der Waals surface area contributed by atoms with Crippen molar-refractivity contribution in [2.75, 3.05) is 13.1 Å². The van der Waals surface area contributed by atoms with E-state index in [1.54, 1.807) is 0 Å².